The van der Waals surface area contributed by atoms with E-state index in [1.54, 1.807) is 6.07 Å². The highest BCUT2D eigenvalue weighted by Crippen LogP contribution is 2.47. The predicted molar refractivity (Wildman–Crippen MR) is 57.3 cm³/mol. The summed E-state index contributed by atoms with van der Waals surface area (Å²) in [7, 11) is 0. The van der Waals surface area contributed by atoms with Crippen LogP contribution in [0.4, 0.5) is 5.82 Å². The summed E-state index contributed by atoms with van der Waals surface area (Å²) in [6.07, 6.45) is 3.56. The van der Waals surface area contributed by atoms with Gasteiger partial charge in [0, 0.05) is 12.6 Å². The lowest BCUT2D eigenvalue weighted by Crippen LogP contribution is -2.30. The van der Waals surface area contributed by atoms with Crippen LogP contribution in [0.15, 0.2) is 6.07 Å². The van der Waals surface area contributed by atoms with E-state index < -0.39 is 0 Å². The Labute approximate surface area is 88.4 Å². The normalized spacial score (nSPS) is 17.4. The summed E-state index contributed by atoms with van der Waals surface area (Å²) in [6, 6.07) is 1.54. The van der Waals surface area contributed by atoms with Gasteiger partial charge in [0.05, 0.1) is 0 Å². The number of carbonyl (C=O) groups is 1. The maximum Gasteiger partial charge on any atom is 0.269 e. The summed E-state index contributed by atoms with van der Waals surface area (Å²) in [5, 5.41) is 9.20. The predicted octanol–water partition coefficient (Wildman–Crippen LogP) is 0.912. The van der Waals surface area contributed by atoms with Gasteiger partial charge in [0.2, 0.25) is 0 Å². The number of H-pyrrole nitrogens is 1. The van der Waals surface area contributed by atoms with Gasteiger partial charge in [-0.05, 0) is 24.7 Å². The molecule has 0 spiro atoms. The zero-order chi connectivity index (χ0) is 10.9. The van der Waals surface area contributed by atoms with Crippen molar-refractivity contribution in [2.45, 2.75) is 26.2 Å². The number of nitrogens with zero attached hydrogens (tertiary/aromatic N) is 1. The fourth-order valence-electron chi connectivity index (χ4n) is 1.65. The van der Waals surface area contributed by atoms with Crippen LogP contribution in [0.3, 0.4) is 0 Å². The molecule has 1 aliphatic rings. The third kappa shape index (κ3) is 2.11. The van der Waals surface area contributed by atoms with E-state index in [9.17, 15) is 4.79 Å². The number of amides is 1. The van der Waals surface area contributed by atoms with Crippen molar-refractivity contribution in [1.82, 2.24) is 15.5 Å². The standard InChI is InChI=1S/C10H16N4O/c1-2-10(3-4-10)6-12-9(15)7-5-8(11)14-13-7/h5H,2-4,6H2,1H3,(H,12,15)(H3,11,13,14). The van der Waals surface area contributed by atoms with Crippen LogP contribution in [-0.4, -0.2) is 22.6 Å². The summed E-state index contributed by atoms with van der Waals surface area (Å²) in [6.45, 7) is 2.91. The highest BCUT2D eigenvalue weighted by atomic mass is 16.1. The number of nitrogens with two attached hydrogens (primary N) is 1. The molecule has 4 N–H and O–H groups in total. The van der Waals surface area contributed by atoms with Gasteiger partial charge in [-0.15, -0.1) is 0 Å². The molecular weight excluding hydrogens is 192 g/mol. The SMILES string of the molecule is CCC1(CNC(=O)c2cc(N)n[nH]2)CC1. The first-order chi connectivity index (χ1) is 7.15. The van der Waals surface area contributed by atoms with E-state index in [0.717, 1.165) is 13.0 Å². The van der Waals surface area contributed by atoms with Crippen LogP contribution in [0.25, 0.3) is 0 Å². The molecule has 2 rings (SSSR count). The number of carbonyl (C=O) groups excluding carboxylic acids is 1. The zero-order valence-corrected chi connectivity index (χ0v) is 8.84. The first-order valence-electron chi connectivity index (χ1n) is 5.24. The van der Waals surface area contributed by atoms with Gasteiger partial charge in [-0.1, -0.05) is 6.92 Å². The van der Waals surface area contributed by atoms with E-state index in [-0.39, 0.29) is 5.91 Å². The average molecular weight is 208 g/mol. The molecule has 0 bridgehead atoms. The molecule has 1 aromatic rings. The van der Waals surface area contributed by atoms with Crippen LogP contribution < -0.4 is 11.1 Å². The summed E-state index contributed by atoms with van der Waals surface area (Å²) in [5.41, 5.74) is 6.21. The molecular formula is C10H16N4O. The van der Waals surface area contributed by atoms with E-state index >= 15 is 0 Å². The molecule has 1 saturated carbocycles. The molecule has 0 atom stereocenters. The van der Waals surface area contributed by atoms with Crippen LogP contribution in [-0.2, 0) is 0 Å². The number of aromatic amines is 1. The number of hydrogen-bond acceptors (Lipinski definition) is 3. The van der Waals surface area contributed by atoms with Crippen molar-refractivity contribution in [3.63, 3.8) is 0 Å². The quantitative estimate of drug-likeness (QED) is 0.687. The Kier molecular flexibility index (Phi) is 2.38. The summed E-state index contributed by atoms with van der Waals surface area (Å²) in [4.78, 5) is 11.6. The number of nitrogens with one attached hydrogen (secondary N) is 2. The van der Waals surface area contributed by atoms with Crippen molar-refractivity contribution < 1.29 is 4.79 Å². The zero-order valence-electron chi connectivity index (χ0n) is 8.84. The lowest BCUT2D eigenvalue weighted by Gasteiger charge is -2.12. The molecule has 5 nitrogen and oxygen atoms in total. The van der Waals surface area contributed by atoms with Gasteiger partial charge in [-0.25, -0.2) is 0 Å². The number of rotatable bonds is 4. The van der Waals surface area contributed by atoms with Crippen molar-refractivity contribution in [3.05, 3.63) is 11.8 Å². The van der Waals surface area contributed by atoms with Gasteiger partial charge in [0.1, 0.15) is 11.5 Å². The highest BCUT2D eigenvalue weighted by molar-refractivity contribution is 5.92. The molecule has 0 radical (unpaired) electrons. The maximum atomic E-state index is 11.6. The second kappa shape index (κ2) is 3.56. The first-order valence-corrected chi connectivity index (χ1v) is 5.24. The molecule has 82 valence electrons. The molecule has 0 unspecified atom stereocenters. The fourth-order valence-corrected chi connectivity index (χ4v) is 1.65. The fraction of sp³-hybridized carbons (Fsp3) is 0.600. The van der Waals surface area contributed by atoms with E-state index in [1.807, 2.05) is 0 Å². The number of anilines is 1. The molecule has 1 aromatic heterocycles. The van der Waals surface area contributed by atoms with Crippen molar-refractivity contribution in [2.24, 2.45) is 5.41 Å². The molecule has 1 fully saturated rings. The summed E-state index contributed by atoms with van der Waals surface area (Å²) < 4.78 is 0. The Morgan fingerprint density at radius 1 is 1.73 bits per heavy atom. The third-order valence-electron chi connectivity index (χ3n) is 3.17. The Morgan fingerprint density at radius 3 is 2.93 bits per heavy atom. The smallest absolute Gasteiger partial charge is 0.269 e. The van der Waals surface area contributed by atoms with Crippen molar-refractivity contribution in [1.29, 1.82) is 0 Å². The summed E-state index contributed by atoms with van der Waals surface area (Å²) in [5.74, 6) is 0.218. The molecule has 15 heavy (non-hydrogen) atoms. The van der Waals surface area contributed by atoms with Gasteiger partial charge in [-0.2, -0.15) is 5.10 Å². The average Bonchev–Trinajstić information content (AvgIpc) is 2.90. The van der Waals surface area contributed by atoms with Crippen molar-refractivity contribution >= 4 is 11.7 Å². The second-order valence-corrected chi connectivity index (χ2v) is 4.24. The number of nitrogen functional groups attached to an aromatic ring is 1. The monoisotopic (exact) mass is 208 g/mol. The number of hydrogen-bond donors (Lipinski definition) is 3. The van der Waals surface area contributed by atoms with E-state index in [0.29, 0.717) is 16.9 Å². The third-order valence-corrected chi connectivity index (χ3v) is 3.17. The van der Waals surface area contributed by atoms with Crippen molar-refractivity contribution in [3.8, 4) is 0 Å². The maximum absolute atomic E-state index is 11.6. The minimum atomic E-state index is -0.126. The van der Waals surface area contributed by atoms with E-state index in [1.165, 1.54) is 12.8 Å². The Morgan fingerprint density at radius 2 is 2.47 bits per heavy atom. The van der Waals surface area contributed by atoms with Gasteiger partial charge in [0.15, 0.2) is 0 Å². The molecule has 5 heteroatoms. The van der Waals surface area contributed by atoms with E-state index in [2.05, 4.69) is 22.4 Å². The van der Waals surface area contributed by atoms with Crippen LogP contribution in [0.1, 0.15) is 36.7 Å². The van der Waals surface area contributed by atoms with Gasteiger partial charge in [-0.3, -0.25) is 9.89 Å². The second-order valence-electron chi connectivity index (χ2n) is 4.24. The minimum absolute atomic E-state index is 0.126. The van der Waals surface area contributed by atoms with Crippen LogP contribution in [0.2, 0.25) is 0 Å². The van der Waals surface area contributed by atoms with E-state index in [4.69, 9.17) is 5.73 Å². The largest absolute Gasteiger partial charge is 0.382 e. The van der Waals surface area contributed by atoms with Crippen LogP contribution in [0.5, 0.6) is 0 Å². The lowest BCUT2D eigenvalue weighted by atomic mass is 10.0. The molecule has 1 amide bonds. The van der Waals surface area contributed by atoms with Gasteiger partial charge in [0.25, 0.3) is 5.91 Å². The highest BCUT2D eigenvalue weighted by Gasteiger charge is 2.40. The van der Waals surface area contributed by atoms with Gasteiger partial charge >= 0.3 is 0 Å². The van der Waals surface area contributed by atoms with Crippen molar-refractivity contribution in [2.75, 3.05) is 12.3 Å². The Balaban J connectivity index is 1.88. The number of aromatic nitrogens is 2. The first kappa shape index (κ1) is 10.0. The molecule has 0 saturated heterocycles. The molecule has 0 aliphatic heterocycles. The summed E-state index contributed by atoms with van der Waals surface area (Å²) >= 11 is 0. The lowest BCUT2D eigenvalue weighted by molar-refractivity contribution is 0.0939. The molecule has 0 aromatic carbocycles. The Bertz CT molecular complexity index is 367. The minimum Gasteiger partial charge on any atom is -0.382 e. The van der Waals surface area contributed by atoms with Crippen LogP contribution >= 0.6 is 0 Å². The van der Waals surface area contributed by atoms with Gasteiger partial charge < -0.3 is 11.1 Å². The Hall–Kier alpha value is -1.52. The molecule has 1 heterocycles. The topological polar surface area (TPSA) is 83.8 Å². The molecule has 1 aliphatic carbocycles. The van der Waals surface area contributed by atoms with Crippen LogP contribution in [0, 0.1) is 5.41 Å².